The van der Waals surface area contributed by atoms with Crippen LogP contribution in [0.5, 0.6) is 0 Å². The molecule has 2 rings (SSSR count). The van der Waals surface area contributed by atoms with Gasteiger partial charge in [-0.2, -0.15) is 0 Å². The Morgan fingerprint density at radius 3 is 2.79 bits per heavy atom. The number of nitrogens with one attached hydrogen (secondary N) is 1. The van der Waals surface area contributed by atoms with Crippen LogP contribution in [0, 0.1) is 12.8 Å². The average molecular weight is 277 g/mol. The number of aryl methyl sites for hydroxylation is 1. The fraction of sp³-hybridized carbons (Fsp3) is 0.533. The zero-order valence-electron chi connectivity index (χ0n) is 12.2. The molecular weight excluding hydrogens is 254 g/mol. The van der Waals surface area contributed by atoms with Gasteiger partial charge in [-0.15, -0.1) is 11.3 Å². The van der Waals surface area contributed by atoms with E-state index in [1.165, 1.54) is 10.4 Å². The number of aromatic nitrogens is 2. The number of nitrogens with zero attached hydrogens (tertiary/aromatic N) is 2. The highest BCUT2D eigenvalue weighted by Crippen LogP contribution is 2.22. The summed E-state index contributed by atoms with van der Waals surface area (Å²) in [6, 6.07) is 2.66. The molecule has 3 nitrogen and oxygen atoms in total. The normalized spacial score (nSPS) is 13.1. The molecule has 0 aliphatic carbocycles. The molecular formula is C15H23N3S. The van der Waals surface area contributed by atoms with Crippen molar-refractivity contribution in [3.63, 3.8) is 0 Å². The summed E-state index contributed by atoms with van der Waals surface area (Å²) in [4.78, 5) is 5.61. The van der Waals surface area contributed by atoms with Crippen molar-refractivity contribution in [3.05, 3.63) is 40.1 Å². The van der Waals surface area contributed by atoms with Crippen LogP contribution in [0.3, 0.4) is 0 Å². The van der Waals surface area contributed by atoms with E-state index >= 15 is 0 Å². The molecule has 1 unspecified atom stereocenters. The van der Waals surface area contributed by atoms with Crippen molar-refractivity contribution in [3.8, 4) is 0 Å². The van der Waals surface area contributed by atoms with Crippen molar-refractivity contribution in [1.29, 1.82) is 0 Å². The lowest BCUT2D eigenvalue weighted by molar-refractivity contribution is 0.421. The molecule has 4 heteroatoms. The predicted octanol–water partition coefficient (Wildman–Crippen LogP) is 3.61. The summed E-state index contributed by atoms with van der Waals surface area (Å²) in [5.41, 5.74) is 1.37. The minimum absolute atomic E-state index is 0.439. The maximum Gasteiger partial charge on any atom is 0.0897 e. The van der Waals surface area contributed by atoms with Gasteiger partial charge in [-0.3, -0.25) is 0 Å². The molecule has 0 amide bonds. The largest absolute Gasteiger partial charge is 0.349 e. The zero-order valence-corrected chi connectivity index (χ0v) is 13.0. The van der Waals surface area contributed by atoms with E-state index in [2.05, 4.69) is 61.0 Å². The van der Waals surface area contributed by atoms with Crippen molar-refractivity contribution < 1.29 is 0 Å². The third-order valence-corrected chi connectivity index (χ3v) is 4.13. The molecule has 0 spiro atoms. The van der Waals surface area contributed by atoms with Gasteiger partial charge < -0.3 is 9.88 Å². The molecule has 0 fully saturated rings. The highest BCUT2D eigenvalue weighted by Gasteiger charge is 2.15. The van der Waals surface area contributed by atoms with E-state index in [-0.39, 0.29) is 0 Å². The van der Waals surface area contributed by atoms with Gasteiger partial charge in [0, 0.05) is 29.5 Å². The van der Waals surface area contributed by atoms with Gasteiger partial charge in [0.05, 0.1) is 11.6 Å². The maximum atomic E-state index is 4.31. The van der Waals surface area contributed by atoms with Gasteiger partial charge in [-0.05, 0) is 31.0 Å². The smallest absolute Gasteiger partial charge is 0.0897 e. The lowest BCUT2D eigenvalue weighted by Crippen LogP contribution is -2.25. The molecule has 104 valence electrons. The maximum absolute atomic E-state index is 4.31. The van der Waals surface area contributed by atoms with E-state index < -0.39 is 0 Å². The minimum atomic E-state index is 0.439. The Hall–Kier alpha value is -1.13. The van der Waals surface area contributed by atoms with Crippen LogP contribution in [0.4, 0.5) is 0 Å². The predicted molar refractivity (Wildman–Crippen MR) is 81.6 cm³/mol. The third kappa shape index (κ3) is 3.67. The van der Waals surface area contributed by atoms with E-state index in [1.54, 1.807) is 11.3 Å². The molecule has 0 bridgehead atoms. The molecule has 0 radical (unpaired) electrons. The molecule has 2 aromatic heterocycles. The zero-order chi connectivity index (χ0) is 13.8. The first kappa shape index (κ1) is 14.3. The molecule has 0 aliphatic heterocycles. The molecule has 0 saturated carbocycles. The second-order valence-electron chi connectivity index (χ2n) is 5.24. The van der Waals surface area contributed by atoms with Crippen LogP contribution in [-0.2, 0) is 6.54 Å². The molecule has 2 heterocycles. The van der Waals surface area contributed by atoms with Crippen LogP contribution >= 0.6 is 11.3 Å². The number of rotatable bonds is 6. The second kappa shape index (κ2) is 6.35. The van der Waals surface area contributed by atoms with Crippen LogP contribution in [0.1, 0.15) is 42.3 Å². The van der Waals surface area contributed by atoms with Crippen LogP contribution in [-0.4, -0.2) is 16.1 Å². The first-order chi connectivity index (χ1) is 9.10. The molecule has 2 aromatic rings. The van der Waals surface area contributed by atoms with E-state index in [0.29, 0.717) is 12.0 Å². The van der Waals surface area contributed by atoms with Crippen molar-refractivity contribution in [1.82, 2.24) is 14.9 Å². The summed E-state index contributed by atoms with van der Waals surface area (Å²) in [6.45, 7) is 10.7. The van der Waals surface area contributed by atoms with Gasteiger partial charge >= 0.3 is 0 Å². The lowest BCUT2D eigenvalue weighted by atomic mass is 9.98. The molecule has 0 saturated heterocycles. The topological polar surface area (TPSA) is 29.9 Å². The fourth-order valence-corrected chi connectivity index (χ4v) is 3.16. The van der Waals surface area contributed by atoms with Crippen molar-refractivity contribution in [2.75, 3.05) is 6.54 Å². The van der Waals surface area contributed by atoms with E-state index in [1.807, 2.05) is 6.20 Å². The third-order valence-electron chi connectivity index (χ3n) is 3.23. The molecule has 19 heavy (non-hydrogen) atoms. The summed E-state index contributed by atoms with van der Waals surface area (Å²) in [5, 5.41) is 4.69. The van der Waals surface area contributed by atoms with Crippen LogP contribution in [0.2, 0.25) is 0 Å². The van der Waals surface area contributed by atoms with Gasteiger partial charge in [0.1, 0.15) is 0 Å². The number of thiazole rings is 1. The lowest BCUT2D eigenvalue weighted by Gasteiger charge is -2.20. The van der Waals surface area contributed by atoms with Gasteiger partial charge in [0.2, 0.25) is 0 Å². The molecule has 0 aliphatic rings. The summed E-state index contributed by atoms with van der Waals surface area (Å²) in [5.74, 6) is 0.599. The Kier molecular flexibility index (Phi) is 4.77. The van der Waals surface area contributed by atoms with Gasteiger partial charge in [0.25, 0.3) is 0 Å². The highest BCUT2D eigenvalue weighted by molar-refractivity contribution is 7.11. The SMILES string of the molecule is CCNC(c1ccn(Cc2cnc(C)s2)c1)C(C)C. The van der Waals surface area contributed by atoms with Crippen LogP contribution < -0.4 is 5.32 Å². The standard InChI is InChI=1S/C15H23N3S/c1-5-16-15(11(2)3)13-6-7-18(9-13)10-14-8-17-12(4)19-14/h6-9,11,15-16H,5,10H2,1-4H3. The van der Waals surface area contributed by atoms with E-state index in [4.69, 9.17) is 0 Å². The Morgan fingerprint density at radius 1 is 1.42 bits per heavy atom. The van der Waals surface area contributed by atoms with Gasteiger partial charge in [-0.1, -0.05) is 20.8 Å². The van der Waals surface area contributed by atoms with E-state index in [9.17, 15) is 0 Å². The Labute approximate surface area is 119 Å². The van der Waals surface area contributed by atoms with Crippen molar-refractivity contribution in [2.45, 2.75) is 40.3 Å². The van der Waals surface area contributed by atoms with Crippen LogP contribution in [0.15, 0.2) is 24.7 Å². The summed E-state index contributed by atoms with van der Waals surface area (Å²) in [7, 11) is 0. The highest BCUT2D eigenvalue weighted by atomic mass is 32.1. The van der Waals surface area contributed by atoms with Gasteiger partial charge in [-0.25, -0.2) is 4.98 Å². The number of hydrogen-bond acceptors (Lipinski definition) is 3. The molecule has 1 N–H and O–H groups in total. The second-order valence-corrected chi connectivity index (χ2v) is 6.56. The quantitative estimate of drug-likeness (QED) is 0.874. The Morgan fingerprint density at radius 2 is 2.21 bits per heavy atom. The first-order valence-corrected chi connectivity index (χ1v) is 7.72. The molecule has 0 aromatic carbocycles. The summed E-state index contributed by atoms with van der Waals surface area (Å²) >= 11 is 1.77. The average Bonchev–Trinajstić information content (AvgIpc) is 2.96. The monoisotopic (exact) mass is 277 g/mol. The Balaban J connectivity index is 2.09. The summed E-state index contributed by atoms with van der Waals surface area (Å²) in [6.07, 6.45) is 6.39. The number of hydrogen-bond donors (Lipinski definition) is 1. The van der Waals surface area contributed by atoms with Crippen molar-refractivity contribution in [2.24, 2.45) is 5.92 Å². The fourth-order valence-electron chi connectivity index (χ4n) is 2.36. The van der Waals surface area contributed by atoms with Crippen molar-refractivity contribution >= 4 is 11.3 Å². The van der Waals surface area contributed by atoms with E-state index in [0.717, 1.165) is 18.1 Å². The first-order valence-electron chi connectivity index (χ1n) is 6.90. The van der Waals surface area contributed by atoms with Gasteiger partial charge in [0.15, 0.2) is 0 Å². The van der Waals surface area contributed by atoms with Crippen LogP contribution in [0.25, 0.3) is 0 Å². The molecule has 1 atom stereocenters. The minimum Gasteiger partial charge on any atom is -0.349 e. The summed E-state index contributed by atoms with van der Waals surface area (Å²) < 4.78 is 2.25. The Bertz CT molecular complexity index is 513.